The number of carbonyl (C=O) groups excluding carboxylic acids is 2. The van der Waals surface area contributed by atoms with E-state index in [9.17, 15) is 9.59 Å². The zero-order chi connectivity index (χ0) is 18.3. The molecule has 2 amide bonds. The van der Waals surface area contributed by atoms with Gasteiger partial charge in [0, 0.05) is 24.4 Å². The van der Waals surface area contributed by atoms with Crippen LogP contribution in [0.3, 0.4) is 0 Å². The van der Waals surface area contributed by atoms with Crippen LogP contribution in [0.5, 0.6) is 0 Å². The number of amides is 2. The van der Waals surface area contributed by atoms with Crippen LogP contribution >= 0.6 is 0 Å². The summed E-state index contributed by atoms with van der Waals surface area (Å²) in [6.07, 6.45) is 0.324. The minimum absolute atomic E-state index is 0.00570. The van der Waals surface area contributed by atoms with Gasteiger partial charge in [0.15, 0.2) is 0 Å². The van der Waals surface area contributed by atoms with Gasteiger partial charge in [0.1, 0.15) is 6.67 Å². The molecule has 0 unspecified atom stereocenters. The number of nitrogens with one attached hydrogen (secondary N) is 1. The van der Waals surface area contributed by atoms with Gasteiger partial charge >= 0.3 is 0 Å². The van der Waals surface area contributed by atoms with E-state index in [1.165, 1.54) is 0 Å². The second-order valence-electron chi connectivity index (χ2n) is 6.51. The van der Waals surface area contributed by atoms with E-state index in [2.05, 4.69) is 16.0 Å². The minimum Gasteiger partial charge on any atom is -0.356 e. The third kappa shape index (κ3) is 2.47. The second kappa shape index (κ2) is 6.33. The van der Waals surface area contributed by atoms with Crippen molar-refractivity contribution in [2.75, 3.05) is 11.4 Å². The van der Waals surface area contributed by atoms with Gasteiger partial charge in [-0.05, 0) is 24.6 Å². The lowest BCUT2D eigenvalue weighted by molar-refractivity contribution is -0.120. The Morgan fingerprint density at radius 1 is 1.08 bits per heavy atom. The minimum atomic E-state index is 0.00570. The predicted octanol–water partition coefficient (Wildman–Crippen LogP) is 3.31. The molecule has 5 heteroatoms. The molecule has 1 aromatic heterocycles. The maximum absolute atomic E-state index is 12.3. The first kappa shape index (κ1) is 16.4. The largest absolute Gasteiger partial charge is 0.356 e. The van der Waals surface area contributed by atoms with Gasteiger partial charge in [-0.1, -0.05) is 36.4 Å². The molecule has 0 atom stereocenters. The lowest BCUT2D eigenvalue weighted by Crippen LogP contribution is -2.34. The van der Waals surface area contributed by atoms with Gasteiger partial charge in [-0.3, -0.25) is 14.5 Å². The summed E-state index contributed by atoms with van der Waals surface area (Å²) in [5.41, 5.74) is 4.98. The molecule has 0 spiro atoms. The van der Waals surface area contributed by atoms with Crippen LogP contribution in [0.15, 0.2) is 48.5 Å². The number of carbonyl (C=O) groups is 2. The van der Waals surface area contributed by atoms with Crippen LogP contribution in [0.2, 0.25) is 0 Å². The Kier molecular flexibility index (Phi) is 3.99. The SMILES string of the molecule is CCNC(=O)Cc1c2n(c3ccccc13)CN(C(C)=O)c1ccccc1-2. The van der Waals surface area contributed by atoms with Gasteiger partial charge < -0.3 is 9.88 Å². The van der Waals surface area contributed by atoms with E-state index in [4.69, 9.17) is 0 Å². The van der Waals surface area contributed by atoms with Gasteiger partial charge in [-0.15, -0.1) is 0 Å². The van der Waals surface area contributed by atoms with E-state index in [0.717, 1.165) is 33.4 Å². The fourth-order valence-corrected chi connectivity index (χ4v) is 3.83. The highest BCUT2D eigenvalue weighted by molar-refractivity contribution is 6.03. The molecule has 4 rings (SSSR count). The number of anilines is 1. The first-order valence-corrected chi connectivity index (χ1v) is 8.86. The Bertz CT molecular complexity index is 1020. The number of aromatic nitrogens is 1. The molecule has 0 saturated heterocycles. The summed E-state index contributed by atoms with van der Waals surface area (Å²) in [7, 11) is 0. The highest BCUT2D eigenvalue weighted by Crippen LogP contribution is 2.42. The van der Waals surface area contributed by atoms with Crippen molar-refractivity contribution in [2.45, 2.75) is 26.9 Å². The maximum Gasteiger partial charge on any atom is 0.225 e. The van der Waals surface area contributed by atoms with Gasteiger partial charge in [0.25, 0.3) is 0 Å². The van der Waals surface area contributed by atoms with Crippen LogP contribution in [0.4, 0.5) is 5.69 Å². The first-order chi connectivity index (χ1) is 12.6. The molecule has 2 heterocycles. The van der Waals surface area contributed by atoms with E-state index >= 15 is 0 Å². The molecule has 2 aromatic carbocycles. The number of hydrogen-bond acceptors (Lipinski definition) is 2. The van der Waals surface area contributed by atoms with Crippen LogP contribution < -0.4 is 10.2 Å². The molecule has 0 bridgehead atoms. The average molecular weight is 347 g/mol. The summed E-state index contributed by atoms with van der Waals surface area (Å²) in [6, 6.07) is 16.0. The Labute approximate surface area is 152 Å². The van der Waals surface area contributed by atoms with Gasteiger partial charge in [0.2, 0.25) is 11.8 Å². The third-order valence-electron chi connectivity index (χ3n) is 4.90. The standard InChI is InChI=1S/C21H21N3O2/c1-3-22-20(26)12-17-15-8-4-6-10-18(15)24-13-23(14(2)25)19-11-7-5-9-16(19)21(17)24/h4-11H,3,12-13H2,1-2H3,(H,22,26). The van der Waals surface area contributed by atoms with Gasteiger partial charge in [-0.25, -0.2) is 0 Å². The van der Waals surface area contributed by atoms with Gasteiger partial charge in [0.05, 0.1) is 23.3 Å². The molecule has 3 aromatic rings. The average Bonchev–Trinajstić information content (AvgIpc) is 2.95. The predicted molar refractivity (Wildman–Crippen MR) is 103 cm³/mol. The zero-order valence-corrected chi connectivity index (χ0v) is 15.0. The Hall–Kier alpha value is -3.08. The summed E-state index contributed by atoms with van der Waals surface area (Å²) < 4.78 is 2.15. The summed E-state index contributed by atoms with van der Waals surface area (Å²) in [6.45, 7) is 4.58. The van der Waals surface area contributed by atoms with E-state index in [1.807, 2.05) is 49.4 Å². The molecule has 0 saturated carbocycles. The zero-order valence-electron chi connectivity index (χ0n) is 15.0. The van der Waals surface area contributed by atoms with Crippen molar-refractivity contribution in [1.29, 1.82) is 0 Å². The number of fused-ring (bicyclic) bond motifs is 5. The van der Waals surface area contributed by atoms with Crippen LogP contribution in [-0.2, 0) is 22.7 Å². The molecule has 26 heavy (non-hydrogen) atoms. The fraction of sp³-hybridized carbons (Fsp3) is 0.238. The summed E-state index contributed by atoms with van der Waals surface area (Å²) in [4.78, 5) is 26.3. The van der Waals surface area contributed by atoms with Crippen LogP contribution in [0, 0.1) is 0 Å². The lowest BCUT2D eigenvalue weighted by atomic mass is 9.99. The number of nitrogens with zero attached hydrogens (tertiary/aromatic N) is 2. The van der Waals surface area contributed by atoms with E-state index in [-0.39, 0.29) is 11.8 Å². The van der Waals surface area contributed by atoms with Crippen molar-refractivity contribution in [2.24, 2.45) is 0 Å². The monoisotopic (exact) mass is 347 g/mol. The summed E-state index contributed by atoms with van der Waals surface area (Å²) in [5.74, 6) is 0.0179. The molecule has 0 aliphatic carbocycles. The van der Waals surface area contributed by atoms with Crippen LogP contribution in [-0.4, -0.2) is 22.9 Å². The second-order valence-corrected chi connectivity index (χ2v) is 6.51. The highest BCUT2D eigenvalue weighted by atomic mass is 16.2. The number of benzene rings is 2. The molecule has 132 valence electrons. The molecule has 1 N–H and O–H groups in total. The van der Waals surface area contributed by atoms with E-state index < -0.39 is 0 Å². The summed E-state index contributed by atoms with van der Waals surface area (Å²) in [5, 5.41) is 3.96. The fourth-order valence-electron chi connectivity index (χ4n) is 3.83. The quantitative estimate of drug-likeness (QED) is 0.790. The molecule has 1 aliphatic heterocycles. The molecule has 5 nitrogen and oxygen atoms in total. The van der Waals surface area contributed by atoms with Crippen molar-refractivity contribution in [3.05, 3.63) is 54.1 Å². The Morgan fingerprint density at radius 2 is 1.81 bits per heavy atom. The first-order valence-electron chi connectivity index (χ1n) is 8.86. The summed E-state index contributed by atoms with van der Waals surface area (Å²) >= 11 is 0. The smallest absolute Gasteiger partial charge is 0.225 e. The van der Waals surface area contributed by atoms with Crippen LogP contribution in [0.25, 0.3) is 22.2 Å². The normalized spacial score (nSPS) is 12.6. The number of rotatable bonds is 3. The Morgan fingerprint density at radius 3 is 2.58 bits per heavy atom. The molecular weight excluding hydrogens is 326 g/mol. The van der Waals surface area contributed by atoms with Crippen LogP contribution in [0.1, 0.15) is 19.4 Å². The van der Waals surface area contributed by atoms with Crippen molar-refractivity contribution in [3.63, 3.8) is 0 Å². The molecule has 1 aliphatic rings. The number of likely N-dealkylation sites (N-methyl/N-ethyl adjacent to an activating group) is 1. The molecular formula is C21H21N3O2. The highest BCUT2D eigenvalue weighted by Gasteiger charge is 2.29. The lowest BCUT2D eigenvalue weighted by Gasteiger charge is -2.31. The number of hydrogen-bond donors (Lipinski definition) is 1. The van der Waals surface area contributed by atoms with Gasteiger partial charge in [-0.2, -0.15) is 0 Å². The molecule has 0 fully saturated rings. The van der Waals surface area contributed by atoms with E-state index in [1.54, 1.807) is 11.8 Å². The third-order valence-corrected chi connectivity index (χ3v) is 4.90. The Balaban J connectivity index is 1.99. The van der Waals surface area contributed by atoms with Crippen molar-refractivity contribution in [1.82, 2.24) is 9.88 Å². The van der Waals surface area contributed by atoms with E-state index in [0.29, 0.717) is 19.6 Å². The van der Waals surface area contributed by atoms with Crippen molar-refractivity contribution < 1.29 is 9.59 Å². The van der Waals surface area contributed by atoms with Crippen molar-refractivity contribution >= 4 is 28.4 Å². The van der Waals surface area contributed by atoms with Crippen molar-refractivity contribution in [3.8, 4) is 11.3 Å². The maximum atomic E-state index is 12.3. The number of para-hydroxylation sites is 2. The molecule has 0 radical (unpaired) electrons. The topological polar surface area (TPSA) is 54.3 Å².